The predicted octanol–water partition coefficient (Wildman–Crippen LogP) is 0.726. The first-order valence-corrected chi connectivity index (χ1v) is 6.85. The molecule has 1 aromatic heterocycles. The summed E-state index contributed by atoms with van der Waals surface area (Å²) < 4.78 is 5.04. The van der Waals surface area contributed by atoms with Gasteiger partial charge in [0, 0.05) is 38.9 Å². The number of hydrogen-bond acceptors (Lipinski definition) is 5. The minimum absolute atomic E-state index is 0.00650. The lowest BCUT2D eigenvalue weighted by Gasteiger charge is -2.43. The van der Waals surface area contributed by atoms with Gasteiger partial charge in [-0.1, -0.05) is 6.92 Å². The zero-order valence-electron chi connectivity index (χ0n) is 12.0. The molecule has 110 valence electrons. The smallest absolute Gasteiger partial charge is 0.274 e. The highest BCUT2D eigenvalue weighted by Gasteiger charge is 2.40. The highest BCUT2D eigenvalue weighted by atomic mass is 16.5. The summed E-state index contributed by atoms with van der Waals surface area (Å²) in [6.45, 7) is 3.54. The van der Waals surface area contributed by atoms with Crippen LogP contribution in [-0.4, -0.2) is 58.5 Å². The van der Waals surface area contributed by atoms with Gasteiger partial charge in [0.15, 0.2) is 5.69 Å². The average molecular weight is 279 g/mol. The van der Waals surface area contributed by atoms with E-state index in [9.17, 15) is 9.90 Å². The van der Waals surface area contributed by atoms with Crippen molar-refractivity contribution in [2.45, 2.75) is 25.4 Å². The standard InChI is InChI=1S/C14H21N3O3/c1-11-10-17(8-5-14(11,19)6-9-20-2)13(18)12-4-3-7-15-16-12/h3-4,7,11,19H,5-6,8-10H2,1-2H3/t11-,14-/m0/s1. The number of rotatable bonds is 4. The summed E-state index contributed by atoms with van der Waals surface area (Å²) in [6.07, 6.45) is 2.69. The normalized spacial score (nSPS) is 26.6. The molecule has 20 heavy (non-hydrogen) atoms. The second-order valence-corrected chi connectivity index (χ2v) is 5.36. The number of nitrogens with zero attached hydrogens (tertiary/aromatic N) is 3. The molecule has 2 atom stereocenters. The molecule has 2 heterocycles. The van der Waals surface area contributed by atoms with Crippen molar-refractivity contribution in [3.63, 3.8) is 0 Å². The summed E-state index contributed by atoms with van der Waals surface area (Å²) in [4.78, 5) is 14.0. The molecule has 0 bridgehead atoms. The van der Waals surface area contributed by atoms with Gasteiger partial charge < -0.3 is 14.7 Å². The van der Waals surface area contributed by atoms with Crippen molar-refractivity contribution in [3.05, 3.63) is 24.0 Å². The van der Waals surface area contributed by atoms with E-state index in [4.69, 9.17) is 4.74 Å². The lowest BCUT2D eigenvalue weighted by atomic mass is 9.80. The van der Waals surface area contributed by atoms with Gasteiger partial charge in [0.1, 0.15) is 0 Å². The maximum absolute atomic E-state index is 12.3. The Balaban J connectivity index is 2.00. The van der Waals surface area contributed by atoms with E-state index in [1.54, 1.807) is 30.3 Å². The molecule has 1 aliphatic heterocycles. The second kappa shape index (κ2) is 6.28. The fourth-order valence-electron chi connectivity index (χ4n) is 2.58. The van der Waals surface area contributed by atoms with E-state index < -0.39 is 5.60 Å². The van der Waals surface area contributed by atoms with Crippen LogP contribution in [-0.2, 0) is 4.74 Å². The zero-order valence-corrected chi connectivity index (χ0v) is 12.0. The van der Waals surface area contributed by atoms with Crippen LogP contribution in [0.4, 0.5) is 0 Å². The molecule has 0 spiro atoms. The van der Waals surface area contributed by atoms with Gasteiger partial charge in [-0.25, -0.2) is 0 Å². The molecule has 1 aromatic rings. The summed E-state index contributed by atoms with van der Waals surface area (Å²) in [5, 5.41) is 18.2. The number of aromatic nitrogens is 2. The van der Waals surface area contributed by atoms with Crippen molar-refractivity contribution in [2.75, 3.05) is 26.8 Å². The minimum Gasteiger partial charge on any atom is -0.389 e. The molecule has 1 fully saturated rings. The molecule has 0 radical (unpaired) electrons. The maximum atomic E-state index is 12.3. The SMILES string of the molecule is COCC[C@@]1(O)CCN(C(=O)c2cccnn2)C[C@@H]1C. The Bertz CT molecular complexity index is 454. The lowest BCUT2D eigenvalue weighted by Crippen LogP contribution is -2.53. The molecule has 2 rings (SSSR count). The van der Waals surface area contributed by atoms with Crippen LogP contribution in [0, 0.1) is 5.92 Å². The number of likely N-dealkylation sites (tertiary alicyclic amines) is 1. The van der Waals surface area contributed by atoms with Crippen molar-refractivity contribution < 1.29 is 14.6 Å². The molecule has 0 saturated carbocycles. The van der Waals surface area contributed by atoms with Gasteiger partial charge in [-0.05, 0) is 25.0 Å². The van der Waals surface area contributed by atoms with Gasteiger partial charge >= 0.3 is 0 Å². The second-order valence-electron chi connectivity index (χ2n) is 5.36. The molecule has 0 aromatic carbocycles. The molecule has 6 heteroatoms. The first-order chi connectivity index (χ1) is 9.57. The van der Waals surface area contributed by atoms with E-state index in [0.717, 1.165) is 0 Å². The van der Waals surface area contributed by atoms with Gasteiger partial charge in [0.25, 0.3) is 5.91 Å². The number of hydrogen-bond donors (Lipinski definition) is 1. The summed E-state index contributed by atoms with van der Waals surface area (Å²) in [5.41, 5.74) is -0.406. The zero-order chi connectivity index (χ0) is 14.6. The number of piperidine rings is 1. The van der Waals surface area contributed by atoms with Crippen molar-refractivity contribution in [1.82, 2.24) is 15.1 Å². The van der Waals surface area contributed by atoms with Crippen molar-refractivity contribution in [3.8, 4) is 0 Å². The number of carbonyl (C=O) groups is 1. The molecule has 1 aliphatic rings. The van der Waals surface area contributed by atoms with E-state index in [1.807, 2.05) is 6.92 Å². The van der Waals surface area contributed by atoms with Crippen LogP contribution in [0.1, 0.15) is 30.3 Å². The number of ether oxygens (including phenoxy) is 1. The van der Waals surface area contributed by atoms with Crippen LogP contribution in [0.3, 0.4) is 0 Å². The molecule has 0 aliphatic carbocycles. The first kappa shape index (κ1) is 14.9. The van der Waals surface area contributed by atoms with Crippen LogP contribution in [0.2, 0.25) is 0 Å². The Morgan fingerprint density at radius 1 is 1.65 bits per heavy atom. The molecule has 1 saturated heterocycles. The summed E-state index contributed by atoms with van der Waals surface area (Å²) in [6, 6.07) is 3.36. The van der Waals surface area contributed by atoms with E-state index in [1.165, 1.54) is 0 Å². The number of amides is 1. The van der Waals surface area contributed by atoms with Crippen molar-refractivity contribution in [1.29, 1.82) is 0 Å². The summed E-state index contributed by atoms with van der Waals surface area (Å²) in [5.74, 6) is -0.120. The van der Waals surface area contributed by atoms with Gasteiger partial charge in [-0.2, -0.15) is 5.10 Å². The summed E-state index contributed by atoms with van der Waals surface area (Å²) in [7, 11) is 1.63. The third kappa shape index (κ3) is 3.13. The Hall–Kier alpha value is -1.53. The Labute approximate surface area is 118 Å². The van der Waals surface area contributed by atoms with Gasteiger partial charge in [-0.3, -0.25) is 4.79 Å². The fraction of sp³-hybridized carbons (Fsp3) is 0.643. The van der Waals surface area contributed by atoms with Crippen LogP contribution in [0.15, 0.2) is 18.3 Å². The van der Waals surface area contributed by atoms with Crippen molar-refractivity contribution >= 4 is 5.91 Å². The number of methoxy groups -OCH3 is 1. The highest BCUT2D eigenvalue weighted by Crippen LogP contribution is 2.31. The monoisotopic (exact) mass is 279 g/mol. The van der Waals surface area contributed by atoms with E-state index in [2.05, 4.69) is 10.2 Å². The average Bonchev–Trinajstić information content (AvgIpc) is 2.48. The molecule has 6 nitrogen and oxygen atoms in total. The Morgan fingerprint density at radius 2 is 2.45 bits per heavy atom. The van der Waals surface area contributed by atoms with E-state index in [-0.39, 0.29) is 11.8 Å². The quantitative estimate of drug-likeness (QED) is 0.879. The third-order valence-electron chi connectivity index (χ3n) is 4.04. The van der Waals surface area contributed by atoms with Gasteiger partial charge in [0.2, 0.25) is 0 Å². The van der Waals surface area contributed by atoms with E-state index >= 15 is 0 Å². The summed E-state index contributed by atoms with van der Waals surface area (Å²) >= 11 is 0. The fourth-order valence-corrected chi connectivity index (χ4v) is 2.58. The van der Waals surface area contributed by atoms with Crippen LogP contribution in [0.5, 0.6) is 0 Å². The van der Waals surface area contributed by atoms with E-state index in [0.29, 0.717) is 38.2 Å². The highest BCUT2D eigenvalue weighted by molar-refractivity contribution is 5.92. The number of aliphatic hydroxyl groups is 1. The maximum Gasteiger partial charge on any atom is 0.274 e. The van der Waals surface area contributed by atoms with Crippen LogP contribution in [0.25, 0.3) is 0 Å². The number of carbonyl (C=O) groups excluding carboxylic acids is 1. The molecular weight excluding hydrogens is 258 g/mol. The lowest BCUT2D eigenvalue weighted by molar-refractivity contribution is -0.0751. The van der Waals surface area contributed by atoms with Crippen LogP contribution < -0.4 is 0 Å². The topological polar surface area (TPSA) is 75.6 Å². The first-order valence-electron chi connectivity index (χ1n) is 6.85. The Morgan fingerprint density at radius 3 is 3.05 bits per heavy atom. The molecule has 1 N–H and O–H groups in total. The van der Waals surface area contributed by atoms with Gasteiger partial charge in [-0.15, -0.1) is 5.10 Å². The predicted molar refractivity (Wildman–Crippen MR) is 73.2 cm³/mol. The molecule has 1 amide bonds. The minimum atomic E-state index is -0.755. The van der Waals surface area contributed by atoms with Gasteiger partial charge in [0.05, 0.1) is 5.60 Å². The molecular formula is C14H21N3O3. The van der Waals surface area contributed by atoms with Crippen LogP contribution >= 0.6 is 0 Å². The van der Waals surface area contributed by atoms with Crippen molar-refractivity contribution in [2.24, 2.45) is 5.92 Å². The largest absolute Gasteiger partial charge is 0.389 e. The molecule has 0 unspecified atom stereocenters. The third-order valence-corrected chi connectivity index (χ3v) is 4.04. The Kier molecular flexibility index (Phi) is 4.67.